The maximum Gasteiger partial charge on any atom is 0.123 e. The molecule has 28 heavy (non-hydrogen) atoms. The average molecular weight is 387 g/mol. The summed E-state index contributed by atoms with van der Waals surface area (Å²) < 4.78 is 19.0. The maximum atomic E-state index is 13.1. The van der Waals surface area contributed by atoms with Crippen LogP contribution in [-0.2, 0) is 0 Å². The van der Waals surface area contributed by atoms with Crippen LogP contribution >= 0.6 is 0 Å². The van der Waals surface area contributed by atoms with Crippen molar-refractivity contribution in [2.45, 2.75) is 32.8 Å². The molecule has 0 aliphatic carbocycles. The fourth-order valence-electron chi connectivity index (χ4n) is 3.62. The lowest BCUT2D eigenvalue weighted by Gasteiger charge is -2.36. The molecule has 1 aliphatic rings. The zero-order chi connectivity index (χ0) is 20.1. The summed E-state index contributed by atoms with van der Waals surface area (Å²) in [5.74, 6) is 1.04. The molecule has 0 bridgehead atoms. The van der Waals surface area contributed by atoms with Crippen molar-refractivity contribution >= 4 is 5.69 Å². The van der Waals surface area contributed by atoms with Gasteiger partial charge in [0.25, 0.3) is 0 Å². The summed E-state index contributed by atoms with van der Waals surface area (Å²) in [5.41, 5.74) is 3.38. The lowest BCUT2D eigenvalue weighted by Crippen LogP contribution is -2.49. The largest absolute Gasteiger partial charge is 0.491 e. The van der Waals surface area contributed by atoms with Crippen molar-refractivity contribution in [3.8, 4) is 5.75 Å². The Bertz CT molecular complexity index is 756. The van der Waals surface area contributed by atoms with E-state index in [1.165, 1.54) is 17.7 Å². The summed E-state index contributed by atoms with van der Waals surface area (Å²) in [7, 11) is 0. The Morgan fingerprint density at radius 2 is 1.71 bits per heavy atom. The van der Waals surface area contributed by atoms with Gasteiger partial charge in [-0.25, -0.2) is 4.39 Å². The molecule has 152 valence electrons. The second-order valence-corrected chi connectivity index (χ2v) is 7.92. The molecule has 5 heteroatoms. The maximum absolute atomic E-state index is 13.1. The number of anilines is 1. The molecule has 2 aromatic carbocycles. The molecular weight excluding hydrogens is 355 g/mol. The Balaban J connectivity index is 1.47. The molecule has 0 amide bonds. The first kappa shape index (κ1) is 20.6. The number of piperazine rings is 1. The summed E-state index contributed by atoms with van der Waals surface area (Å²) in [5, 5.41) is 10.5. The summed E-state index contributed by atoms with van der Waals surface area (Å²) in [4.78, 5) is 4.51. The third-order valence-electron chi connectivity index (χ3n) is 5.26. The molecule has 1 aliphatic heterocycles. The predicted molar refractivity (Wildman–Crippen MR) is 112 cm³/mol. The highest BCUT2D eigenvalue weighted by Crippen LogP contribution is 2.27. The smallest absolute Gasteiger partial charge is 0.123 e. The van der Waals surface area contributed by atoms with Gasteiger partial charge in [-0.05, 0) is 54.3 Å². The number of nitrogens with zero attached hydrogens (tertiary/aromatic N) is 2. The van der Waals surface area contributed by atoms with E-state index in [1.54, 1.807) is 0 Å². The van der Waals surface area contributed by atoms with E-state index in [9.17, 15) is 9.50 Å². The van der Waals surface area contributed by atoms with Gasteiger partial charge in [-0.3, -0.25) is 4.90 Å². The van der Waals surface area contributed by atoms with E-state index >= 15 is 0 Å². The number of rotatable bonds is 7. The Morgan fingerprint density at radius 1 is 1.04 bits per heavy atom. The zero-order valence-corrected chi connectivity index (χ0v) is 17.1. The van der Waals surface area contributed by atoms with Crippen LogP contribution in [-0.4, -0.2) is 55.4 Å². The van der Waals surface area contributed by atoms with Crippen molar-refractivity contribution < 1.29 is 14.2 Å². The third-order valence-corrected chi connectivity index (χ3v) is 5.26. The monoisotopic (exact) mass is 386 g/mol. The molecule has 0 spiro atoms. The van der Waals surface area contributed by atoms with Gasteiger partial charge in [0.1, 0.15) is 24.3 Å². The van der Waals surface area contributed by atoms with Gasteiger partial charge in [-0.2, -0.15) is 0 Å². The lowest BCUT2D eigenvalue weighted by atomic mass is 10.0. The van der Waals surface area contributed by atoms with Crippen LogP contribution < -0.4 is 9.64 Å². The molecule has 1 fully saturated rings. The first-order valence-electron chi connectivity index (χ1n) is 10.1. The summed E-state index contributed by atoms with van der Waals surface area (Å²) in [6.07, 6.45) is -0.530. The van der Waals surface area contributed by atoms with Crippen molar-refractivity contribution in [2.75, 3.05) is 44.2 Å². The van der Waals surface area contributed by atoms with Gasteiger partial charge in [-0.15, -0.1) is 0 Å². The molecule has 1 atom stereocenters. The second kappa shape index (κ2) is 9.39. The van der Waals surface area contributed by atoms with Crippen molar-refractivity contribution in [2.24, 2.45) is 0 Å². The summed E-state index contributed by atoms with van der Waals surface area (Å²) >= 11 is 0. The van der Waals surface area contributed by atoms with Crippen molar-refractivity contribution in [1.82, 2.24) is 4.90 Å². The first-order chi connectivity index (χ1) is 13.4. The van der Waals surface area contributed by atoms with Gasteiger partial charge in [0.2, 0.25) is 0 Å². The van der Waals surface area contributed by atoms with Gasteiger partial charge in [0, 0.05) is 38.4 Å². The van der Waals surface area contributed by atoms with E-state index in [-0.39, 0.29) is 5.82 Å². The molecule has 0 radical (unpaired) electrons. The minimum atomic E-state index is -0.530. The molecule has 0 saturated carbocycles. The van der Waals surface area contributed by atoms with Gasteiger partial charge < -0.3 is 14.7 Å². The number of hydrogen-bond acceptors (Lipinski definition) is 4. The molecule has 1 heterocycles. The highest BCUT2D eigenvalue weighted by Gasteiger charge is 2.20. The topological polar surface area (TPSA) is 35.9 Å². The van der Waals surface area contributed by atoms with Crippen LogP contribution in [0.5, 0.6) is 5.75 Å². The van der Waals surface area contributed by atoms with Crippen molar-refractivity contribution in [1.29, 1.82) is 0 Å². The quantitative estimate of drug-likeness (QED) is 0.785. The van der Waals surface area contributed by atoms with E-state index in [1.807, 2.05) is 25.1 Å². The number of benzene rings is 2. The molecule has 1 N–H and O–H groups in total. The van der Waals surface area contributed by atoms with E-state index < -0.39 is 6.10 Å². The number of hydrogen-bond donors (Lipinski definition) is 1. The number of halogens is 1. The number of aliphatic hydroxyl groups excluding tert-OH is 1. The normalized spacial score (nSPS) is 16.4. The molecule has 1 unspecified atom stereocenters. The SMILES string of the molecule is Cc1ccc(C(C)C)c(OCC(O)CN2CCN(c3ccc(F)cc3)CC2)c1. The molecule has 2 aromatic rings. The van der Waals surface area contributed by atoms with Crippen LogP contribution in [0.25, 0.3) is 0 Å². The second-order valence-electron chi connectivity index (χ2n) is 7.92. The summed E-state index contributed by atoms with van der Waals surface area (Å²) in [6.45, 7) is 10.7. The first-order valence-corrected chi connectivity index (χ1v) is 10.1. The number of β-amino-alcohol motifs (C(OH)–C–C–N with tert-alkyl or cyclic N) is 1. The van der Waals surface area contributed by atoms with Crippen molar-refractivity contribution in [3.05, 3.63) is 59.4 Å². The van der Waals surface area contributed by atoms with Gasteiger partial charge in [-0.1, -0.05) is 26.0 Å². The van der Waals surface area contributed by atoms with Crippen LogP contribution in [0.2, 0.25) is 0 Å². The standard InChI is InChI=1S/C23H31FN2O2/c1-17(2)22-9-4-18(3)14-23(22)28-16-21(27)15-25-10-12-26(13-11-25)20-7-5-19(24)6-8-20/h4-9,14,17,21,27H,10-13,15-16H2,1-3H3. The Morgan fingerprint density at radius 3 is 2.36 bits per heavy atom. The molecule has 0 aromatic heterocycles. The van der Waals surface area contributed by atoms with Crippen LogP contribution in [0.1, 0.15) is 30.9 Å². The van der Waals surface area contributed by atoms with E-state index in [0.717, 1.165) is 43.2 Å². The lowest BCUT2D eigenvalue weighted by molar-refractivity contribution is 0.0659. The van der Waals surface area contributed by atoms with Crippen LogP contribution in [0.4, 0.5) is 10.1 Å². The molecule has 3 rings (SSSR count). The molecule has 4 nitrogen and oxygen atoms in total. The molecule has 1 saturated heterocycles. The van der Waals surface area contributed by atoms with Crippen molar-refractivity contribution in [3.63, 3.8) is 0 Å². The fourth-order valence-corrected chi connectivity index (χ4v) is 3.62. The third kappa shape index (κ3) is 5.46. The average Bonchev–Trinajstić information content (AvgIpc) is 2.67. The minimum Gasteiger partial charge on any atom is -0.491 e. The Labute approximate surface area is 167 Å². The van der Waals surface area contributed by atoms with Gasteiger partial charge >= 0.3 is 0 Å². The van der Waals surface area contributed by atoms with Crippen LogP contribution in [0.3, 0.4) is 0 Å². The van der Waals surface area contributed by atoms with Crippen LogP contribution in [0, 0.1) is 12.7 Å². The van der Waals surface area contributed by atoms with Crippen LogP contribution in [0.15, 0.2) is 42.5 Å². The fraction of sp³-hybridized carbons (Fsp3) is 0.478. The van der Waals surface area contributed by atoms with Gasteiger partial charge in [0.05, 0.1) is 0 Å². The van der Waals surface area contributed by atoms with Gasteiger partial charge in [0.15, 0.2) is 0 Å². The number of aliphatic hydroxyl groups is 1. The highest BCUT2D eigenvalue weighted by molar-refractivity contribution is 5.46. The summed E-state index contributed by atoms with van der Waals surface area (Å²) in [6, 6.07) is 12.9. The predicted octanol–water partition coefficient (Wildman–Crippen LogP) is 3.82. The number of ether oxygens (including phenoxy) is 1. The minimum absolute atomic E-state index is 0.209. The number of aryl methyl sites for hydroxylation is 1. The Kier molecular flexibility index (Phi) is 6.92. The molecular formula is C23H31FN2O2. The van der Waals surface area contributed by atoms with E-state index in [0.29, 0.717) is 19.1 Å². The highest BCUT2D eigenvalue weighted by atomic mass is 19.1. The van der Waals surface area contributed by atoms with E-state index in [4.69, 9.17) is 4.74 Å². The Hall–Kier alpha value is -2.11. The zero-order valence-electron chi connectivity index (χ0n) is 17.1. The van der Waals surface area contributed by atoms with E-state index in [2.05, 4.69) is 35.8 Å².